The zero-order chi connectivity index (χ0) is 12.6. The Hall–Kier alpha value is -1.26. The summed E-state index contributed by atoms with van der Waals surface area (Å²) in [6.07, 6.45) is 0.650. The monoisotopic (exact) mass is 272 g/mol. The maximum Gasteiger partial charge on any atom is 0.323 e. The van der Waals surface area contributed by atoms with Gasteiger partial charge in [0.05, 0.1) is 21.1 Å². The first-order valence-electron chi connectivity index (χ1n) is 5.09. The first-order valence-corrected chi connectivity index (χ1v) is 5.84. The fraction of sp³-hybridized carbons (Fsp3) is 0.273. The molecule has 0 fully saturated rings. The van der Waals surface area contributed by atoms with Crippen LogP contribution in [0, 0.1) is 0 Å². The number of aromatic nitrogens is 2. The highest BCUT2D eigenvalue weighted by Crippen LogP contribution is 2.28. The van der Waals surface area contributed by atoms with E-state index in [0.717, 1.165) is 0 Å². The van der Waals surface area contributed by atoms with Crippen LogP contribution in [-0.2, 0) is 17.8 Å². The number of carboxylic acid groups (broad SMARTS) is 1. The van der Waals surface area contributed by atoms with Gasteiger partial charge in [0.15, 0.2) is 0 Å². The minimum absolute atomic E-state index is 0.127. The van der Waals surface area contributed by atoms with E-state index in [1.165, 1.54) is 0 Å². The second kappa shape index (κ2) is 4.55. The molecule has 0 aliphatic heterocycles. The smallest absolute Gasteiger partial charge is 0.323 e. The highest BCUT2D eigenvalue weighted by atomic mass is 35.5. The van der Waals surface area contributed by atoms with Gasteiger partial charge in [-0.2, -0.15) is 0 Å². The number of aryl methyl sites for hydroxylation is 1. The lowest BCUT2D eigenvalue weighted by Gasteiger charge is -2.04. The Kier molecular flexibility index (Phi) is 3.26. The molecule has 1 heterocycles. The van der Waals surface area contributed by atoms with Crippen molar-refractivity contribution in [1.29, 1.82) is 0 Å². The number of hydrogen-bond donors (Lipinski definition) is 1. The van der Waals surface area contributed by atoms with Crippen molar-refractivity contribution in [1.82, 2.24) is 9.55 Å². The highest BCUT2D eigenvalue weighted by Gasteiger charge is 2.13. The molecule has 0 aliphatic rings. The second-order valence-electron chi connectivity index (χ2n) is 3.62. The van der Waals surface area contributed by atoms with Crippen molar-refractivity contribution in [2.45, 2.75) is 19.9 Å². The van der Waals surface area contributed by atoms with E-state index >= 15 is 0 Å². The van der Waals surface area contributed by atoms with Gasteiger partial charge in [0.1, 0.15) is 12.4 Å². The summed E-state index contributed by atoms with van der Waals surface area (Å²) in [5.41, 5.74) is 1.36. The Balaban J connectivity index is 2.69. The maximum absolute atomic E-state index is 10.8. The second-order valence-corrected chi connectivity index (χ2v) is 4.43. The van der Waals surface area contributed by atoms with Crippen molar-refractivity contribution in [2.75, 3.05) is 0 Å². The van der Waals surface area contributed by atoms with Crippen LogP contribution in [-0.4, -0.2) is 20.6 Å². The molecule has 0 unspecified atom stereocenters. The van der Waals surface area contributed by atoms with Gasteiger partial charge in [-0.3, -0.25) is 4.79 Å². The molecule has 1 N–H and O–H groups in total. The number of benzene rings is 1. The summed E-state index contributed by atoms with van der Waals surface area (Å²) in [4.78, 5) is 15.2. The highest BCUT2D eigenvalue weighted by molar-refractivity contribution is 6.42. The largest absolute Gasteiger partial charge is 0.480 e. The number of hydrogen-bond acceptors (Lipinski definition) is 2. The molecule has 2 aromatic rings. The normalized spacial score (nSPS) is 11.0. The number of imidazole rings is 1. The van der Waals surface area contributed by atoms with Crippen LogP contribution in [0.3, 0.4) is 0 Å². The predicted octanol–water partition coefficient (Wildman–Crippen LogP) is 2.99. The summed E-state index contributed by atoms with van der Waals surface area (Å²) in [6, 6.07) is 3.30. The predicted molar refractivity (Wildman–Crippen MR) is 66.8 cm³/mol. The van der Waals surface area contributed by atoms with Crippen LogP contribution in [0.1, 0.15) is 12.7 Å². The number of aliphatic carboxylic acids is 1. The number of halogens is 2. The third-order valence-electron chi connectivity index (χ3n) is 2.48. The molecule has 0 amide bonds. The lowest BCUT2D eigenvalue weighted by molar-refractivity contribution is -0.137. The van der Waals surface area contributed by atoms with E-state index in [9.17, 15) is 4.79 Å². The Labute approximate surface area is 108 Å². The molecule has 1 aromatic carbocycles. The number of carbonyl (C=O) groups is 1. The molecule has 1 aromatic heterocycles. The maximum atomic E-state index is 10.8. The van der Waals surface area contributed by atoms with Crippen LogP contribution in [0.4, 0.5) is 0 Å². The van der Waals surface area contributed by atoms with Gasteiger partial charge in [0.25, 0.3) is 0 Å². The minimum Gasteiger partial charge on any atom is -0.480 e. The van der Waals surface area contributed by atoms with Gasteiger partial charge in [0, 0.05) is 6.42 Å². The Morgan fingerprint density at radius 3 is 2.65 bits per heavy atom. The third kappa shape index (κ3) is 2.23. The molecule has 4 nitrogen and oxygen atoms in total. The fourth-order valence-corrected chi connectivity index (χ4v) is 2.07. The van der Waals surface area contributed by atoms with Crippen molar-refractivity contribution < 1.29 is 9.90 Å². The summed E-state index contributed by atoms with van der Waals surface area (Å²) in [7, 11) is 0. The Morgan fingerprint density at radius 1 is 1.41 bits per heavy atom. The molecule has 0 aliphatic carbocycles. The standard InChI is InChI=1S/C11H10Cl2N2O2/c1-2-10-14-8-3-6(12)7(13)4-9(8)15(10)5-11(16)17/h3-4H,2,5H2,1H3,(H,16,17). The molecular weight excluding hydrogens is 263 g/mol. The van der Waals surface area contributed by atoms with Gasteiger partial charge < -0.3 is 9.67 Å². The number of fused-ring (bicyclic) bond motifs is 1. The van der Waals surface area contributed by atoms with Gasteiger partial charge in [-0.05, 0) is 12.1 Å². The molecule has 0 radical (unpaired) electrons. The molecule has 2 rings (SSSR count). The van der Waals surface area contributed by atoms with E-state index in [-0.39, 0.29) is 6.54 Å². The summed E-state index contributed by atoms with van der Waals surface area (Å²) in [5, 5.41) is 9.70. The van der Waals surface area contributed by atoms with Crippen LogP contribution in [0.2, 0.25) is 10.0 Å². The number of rotatable bonds is 3. The zero-order valence-corrected chi connectivity index (χ0v) is 10.6. The van der Waals surface area contributed by atoms with Crippen molar-refractivity contribution >= 4 is 40.2 Å². The average Bonchev–Trinajstić information content (AvgIpc) is 2.57. The first kappa shape index (κ1) is 12.2. The van der Waals surface area contributed by atoms with Crippen LogP contribution in [0.15, 0.2) is 12.1 Å². The topological polar surface area (TPSA) is 55.1 Å². The summed E-state index contributed by atoms with van der Waals surface area (Å²) < 4.78 is 1.64. The van der Waals surface area contributed by atoms with Crippen molar-refractivity contribution in [3.63, 3.8) is 0 Å². The quantitative estimate of drug-likeness (QED) is 0.935. The molecule has 0 saturated heterocycles. The molecule has 0 atom stereocenters. The number of carboxylic acids is 1. The van der Waals surface area contributed by atoms with E-state index in [2.05, 4.69) is 4.98 Å². The third-order valence-corrected chi connectivity index (χ3v) is 3.20. The lowest BCUT2D eigenvalue weighted by Crippen LogP contribution is -2.11. The van der Waals surface area contributed by atoms with Gasteiger partial charge in [-0.15, -0.1) is 0 Å². The van der Waals surface area contributed by atoms with E-state index in [0.29, 0.717) is 33.3 Å². The molecular formula is C11H10Cl2N2O2. The molecule has 0 spiro atoms. The van der Waals surface area contributed by atoms with Gasteiger partial charge in [-0.1, -0.05) is 30.1 Å². The van der Waals surface area contributed by atoms with Crippen LogP contribution in [0.25, 0.3) is 11.0 Å². The van der Waals surface area contributed by atoms with E-state index in [1.807, 2.05) is 6.92 Å². The van der Waals surface area contributed by atoms with Crippen molar-refractivity contribution in [3.05, 3.63) is 28.0 Å². The lowest BCUT2D eigenvalue weighted by atomic mass is 10.3. The molecule has 6 heteroatoms. The molecule has 0 saturated carbocycles. The average molecular weight is 273 g/mol. The SMILES string of the molecule is CCc1nc2cc(Cl)c(Cl)cc2n1CC(=O)O. The van der Waals surface area contributed by atoms with Gasteiger partial charge in [-0.25, -0.2) is 4.98 Å². The molecule has 0 bridgehead atoms. The van der Waals surface area contributed by atoms with Crippen molar-refractivity contribution in [2.24, 2.45) is 0 Å². The Morgan fingerprint density at radius 2 is 2.06 bits per heavy atom. The molecule has 90 valence electrons. The van der Waals surface area contributed by atoms with E-state index in [1.54, 1.807) is 16.7 Å². The van der Waals surface area contributed by atoms with Crippen LogP contribution < -0.4 is 0 Å². The summed E-state index contributed by atoms with van der Waals surface area (Å²) in [6.45, 7) is 1.79. The number of nitrogens with zero attached hydrogens (tertiary/aromatic N) is 2. The van der Waals surface area contributed by atoms with Crippen LogP contribution >= 0.6 is 23.2 Å². The van der Waals surface area contributed by atoms with Gasteiger partial charge >= 0.3 is 5.97 Å². The van der Waals surface area contributed by atoms with Crippen LogP contribution in [0.5, 0.6) is 0 Å². The van der Waals surface area contributed by atoms with E-state index < -0.39 is 5.97 Å². The first-order chi connectivity index (χ1) is 8.02. The zero-order valence-electron chi connectivity index (χ0n) is 9.07. The minimum atomic E-state index is -0.912. The Bertz CT molecular complexity index is 593. The summed E-state index contributed by atoms with van der Waals surface area (Å²) >= 11 is 11.8. The van der Waals surface area contributed by atoms with Gasteiger partial charge in [0.2, 0.25) is 0 Å². The van der Waals surface area contributed by atoms with Crippen molar-refractivity contribution in [3.8, 4) is 0 Å². The van der Waals surface area contributed by atoms with E-state index in [4.69, 9.17) is 28.3 Å². The summed E-state index contributed by atoms with van der Waals surface area (Å²) in [5.74, 6) is -0.203. The molecule has 17 heavy (non-hydrogen) atoms. The fourth-order valence-electron chi connectivity index (χ4n) is 1.75.